The fourth-order valence-corrected chi connectivity index (χ4v) is 3.26. The van der Waals surface area contributed by atoms with Crippen LogP contribution < -0.4 is 0 Å². The summed E-state index contributed by atoms with van der Waals surface area (Å²) in [6.45, 7) is 2.04. The molecule has 0 amide bonds. The molecule has 0 aromatic carbocycles. The lowest BCUT2D eigenvalue weighted by molar-refractivity contribution is -0.153. The normalized spacial score (nSPS) is 40.3. The summed E-state index contributed by atoms with van der Waals surface area (Å²) >= 11 is 0. The SMILES string of the molecule is CC[C@@H]1[C@@H]2CCCC(=O)[C@]12C(=O)OC. The molecule has 2 rings (SSSR count). The zero-order valence-electron chi connectivity index (χ0n) is 8.71. The smallest absolute Gasteiger partial charge is 0.319 e. The highest BCUT2D eigenvalue weighted by molar-refractivity contribution is 6.08. The van der Waals surface area contributed by atoms with Gasteiger partial charge in [0, 0.05) is 6.42 Å². The van der Waals surface area contributed by atoms with E-state index in [4.69, 9.17) is 4.74 Å². The van der Waals surface area contributed by atoms with Crippen molar-refractivity contribution < 1.29 is 14.3 Å². The maximum Gasteiger partial charge on any atom is 0.319 e. The molecule has 0 unspecified atom stereocenters. The van der Waals surface area contributed by atoms with Gasteiger partial charge in [0.05, 0.1) is 7.11 Å². The van der Waals surface area contributed by atoms with Gasteiger partial charge < -0.3 is 4.74 Å². The summed E-state index contributed by atoms with van der Waals surface area (Å²) in [6.07, 6.45) is 3.42. The third-order valence-electron chi connectivity index (χ3n) is 3.89. The summed E-state index contributed by atoms with van der Waals surface area (Å²) in [5.41, 5.74) is -0.720. The van der Waals surface area contributed by atoms with Gasteiger partial charge in [-0.2, -0.15) is 0 Å². The Morgan fingerprint density at radius 3 is 2.93 bits per heavy atom. The van der Waals surface area contributed by atoms with Crippen LogP contribution in [-0.4, -0.2) is 18.9 Å². The van der Waals surface area contributed by atoms with Crippen molar-refractivity contribution in [3.63, 3.8) is 0 Å². The summed E-state index contributed by atoms with van der Waals surface area (Å²) in [5.74, 6) is 0.359. The molecule has 0 aromatic heterocycles. The lowest BCUT2D eigenvalue weighted by atomic mass is 9.86. The Labute approximate surface area is 83.8 Å². The van der Waals surface area contributed by atoms with E-state index in [0.717, 1.165) is 19.3 Å². The van der Waals surface area contributed by atoms with E-state index in [1.165, 1.54) is 7.11 Å². The maximum atomic E-state index is 11.8. The minimum Gasteiger partial charge on any atom is -0.468 e. The molecule has 0 saturated heterocycles. The van der Waals surface area contributed by atoms with Crippen molar-refractivity contribution in [1.82, 2.24) is 0 Å². The summed E-state index contributed by atoms with van der Waals surface area (Å²) in [4.78, 5) is 23.5. The third kappa shape index (κ3) is 0.928. The molecule has 0 aliphatic heterocycles. The van der Waals surface area contributed by atoms with Crippen molar-refractivity contribution in [2.45, 2.75) is 32.6 Å². The average molecular weight is 196 g/mol. The van der Waals surface area contributed by atoms with Crippen LogP contribution in [0.2, 0.25) is 0 Å². The van der Waals surface area contributed by atoms with Gasteiger partial charge in [-0.3, -0.25) is 9.59 Å². The van der Waals surface area contributed by atoms with Crippen molar-refractivity contribution >= 4 is 11.8 Å². The number of esters is 1. The van der Waals surface area contributed by atoms with Gasteiger partial charge in [-0.05, 0) is 24.7 Å². The van der Waals surface area contributed by atoms with Crippen LogP contribution in [0.25, 0.3) is 0 Å². The Kier molecular flexibility index (Phi) is 2.13. The van der Waals surface area contributed by atoms with E-state index in [1.807, 2.05) is 6.92 Å². The molecule has 14 heavy (non-hydrogen) atoms. The van der Waals surface area contributed by atoms with Crippen LogP contribution in [0, 0.1) is 17.3 Å². The molecule has 0 spiro atoms. The second-order valence-electron chi connectivity index (χ2n) is 4.30. The van der Waals surface area contributed by atoms with E-state index in [2.05, 4.69) is 0 Å². The number of ketones is 1. The first-order valence-electron chi connectivity index (χ1n) is 5.31. The van der Waals surface area contributed by atoms with Crippen LogP contribution in [0.15, 0.2) is 0 Å². The van der Waals surface area contributed by atoms with Gasteiger partial charge in [-0.1, -0.05) is 13.3 Å². The Balaban J connectivity index is 2.29. The fourth-order valence-electron chi connectivity index (χ4n) is 3.26. The molecule has 0 N–H and O–H groups in total. The summed E-state index contributed by atoms with van der Waals surface area (Å²) in [7, 11) is 1.38. The largest absolute Gasteiger partial charge is 0.468 e. The fraction of sp³-hybridized carbons (Fsp3) is 0.818. The van der Waals surface area contributed by atoms with Crippen LogP contribution in [0.5, 0.6) is 0 Å². The number of hydrogen-bond donors (Lipinski definition) is 0. The molecular formula is C11H16O3. The average Bonchev–Trinajstić information content (AvgIpc) is 2.87. The van der Waals surface area contributed by atoms with E-state index >= 15 is 0 Å². The first-order valence-corrected chi connectivity index (χ1v) is 5.31. The topological polar surface area (TPSA) is 43.4 Å². The highest BCUT2D eigenvalue weighted by Gasteiger charge is 2.73. The minimum absolute atomic E-state index is 0.118. The first-order chi connectivity index (χ1) is 6.69. The molecule has 3 heteroatoms. The molecule has 78 valence electrons. The van der Waals surface area contributed by atoms with E-state index in [9.17, 15) is 9.59 Å². The molecule has 2 aliphatic rings. The predicted molar refractivity (Wildman–Crippen MR) is 50.6 cm³/mol. The zero-order valence-corrected chi connectivity index (χ0v) is 8.71. The molecule has 2 fully saturated rings. The first kappa shape index (κ1) is 9.69. The van der Waals surface area contributed by atoms with Crippen molar-refractivity contribution in [3.05, 3.63) is 0 Å². The van der Waals surface area contributed by atoms with Gasteiger partial charge in [0.1, 0.15) is 5.41 Å². The number of fused-ring (bicyclic) bond motifs is 1. The second kappa shape index (κ2) is 3.07. The van der Waals surface area contributed by atoms with Crippen molar-refractivity contribution in [2.24, 2.45) is 17.3 Å². The number of methoxy groups -OCH3 is 1. The molecule has 0 radical (unpaired) electrons. The minimum atomic E-state index is -0.720. The Morgan fingerprint density at radius 1 is 1.64 bits per heavy atom. The van der Waals surface area contributed by atoms with Crippen LogP contribution >= 0.6 is 0 Å². The summed E-state index contributed by atoms with van der Waals surface area (Å²) < 4.78 is 4.78. The van der Waals surface area contributed by atoms with E-state index in [-0.39, 0.29) is 23.6 Å². The van der Waals surface area contributed by atoms with E-state index in [0.29, 0.717) is 6.42 Å². The van der Waals surface area contributed by atoms with Crippen LogP contribution in [-0.2, 0) is 14.3 Å². The Morgan fingerprint density at radius 2 is 2.36 bits per heavy atom. The van der Waals surface area contributed by atoms with Gasteiger partial charge in [-0.15, -0.1) is 0 Å². The predicted octanol–water partition coefficient (Wildman–Crippen LogP) is 1.55. The van der Waals surface area contributed by atoms with Gasteiger partial charge in [0.15, 0.2) is 5.78 Å². The lowest BCUT2D eigenvalue weighted by Crippen LogP contribution is -2.32. The highest BCUT2D eigenvalue weighted by atomic mass is 16.5. The van der Waals surface area contributed by atoms with Crippen LogP contribution in [0.4, 0.5) is 0 Å². The number of carbonyl (C=O) groups excluding carboxylic acids is 2. The van der Waals surface area contributed by atoms with Crippen molar-refractivity contribution in [1.29, 1.82) is 0 Å². The third-order valence-corrected chi connectivity index (χ3v) is 3.89. The molecule has 3 nitrogen and oxygen atoms in total. The molecular weight excluding hydrogens is 180 g/mol. The number of hydrogen-bond acceptors (Lipinski definition) is 3. The van der Waals surface area contributed by atoms with Gasteiger partial charge in [0.2, 0.25) is 0 Å². The molecule has 3 atom stereocenters. The van der Waals surface area contributed by atoms with Gasteiger partial charge in [-0.25, -0.2) is 0 Å². The number of rotatable bonds is 2. The van der Waals surface area contributed by atoms with E-state index in [1.54, 1.807) is 0 Å². The summed E-state index contributed by atoms with van der Waals surface area (Å²) in [6, 6.07) is 0. The maximum absolute atomic E-state index is 11.8. The molecule has 2 saturated carbocycles. The van der Waals surface area contributed by atoms with Crippen molar-refractivity contribution in [3.8, 4) is 0 Å². The zero-order chi connectivity index (χ0) is 10.3. The highest BCUT2D eigenvalue weighted by Crippen LogP contribution is 2.66. The standard InChI is InChI=1S/C11H16O3/c1-3-7-8-5-4-6-9(12)11(7,8)10(13)14-2/h7-8H,3-6H2,1-2H3/t7-,8+,11+/m1/s1. The molecule has 2 aliphatic carbocycles. The van der Waals surface area contributed by atoms with Crippen LogP contribution in [0.1, 0.15) is 32.6 Å². The second-order valence-corrected chi connectivity index (χ2v) is 4.30. The molecule has 0 aromatic rings. The monoisotopic (exact) mass is 196 g/mol. The Hall–Kier alpha value is -0.860. The lowest BCUT2D eigenvalue weighted by Gasteiger charge is -2.18. The number of Topliss-reactive ketones (excluding diaryl/α,β-unsaturated/α-hetero) is 1. The van der Waals surface area contributed by atoms with Gasteiger partial charge >= 0.3 is 5.97 Å². The van der Waals surface area contributed by atoms with Gasteiger partial charge in [0.25, 0.3) is 0 Å². The van der Waals surface area contributed by atoms with E-state index < -0.39 is 5.41 Å². The van der Waals surface area contributed by atoms with Crippen LogP contribution in [0.3, 0.4) is 0 Å². The molecule has 0 bridgehead atoms. The van der Waals surface area contributed by atoms with Crippen molar-refractivity contribution in [2.75, 3.05) is 7.11 Å². The quantitative estimate of drug-likeness (QED) is 0.497. The summed E-state index contributed by atoms with van der Waals surface area (Å²) in [5, 5.41) is 0. The molecule has 0 heterocycles. The Bertz CT molecular complexity index is 268. The number of ether oxygens (including phenoxy) is 1. The number of carbonyl (C=O) groups is 2.